The van der Waals surface area contributed by atoms with Crippen LogP contribution in [0.2, 0.25) is 0 Å². The smallest absolute Gasteiger partial charge is 0.336 e. The highest BCUT2D eigenvalue weighted by Crippen LogP contribution is 2.26. The lowest BCUT2D eigenvalue weighted by atomic mass is 9.96. The zero-order valence-electron chi connectivity index (χ0n) is 16.4. The summed E-state index contributed by atoms with van der Waals surface area (Å²) in [7, 11) is 0. The summed E-state index contributed by atoms with van der Waals surface area (Å²) in [6.45, 7) is 2.18. The molecule has 29 heavy (non-hydrogen) atoms. The van der Waals surface area contributed by atoms with Crippen molar-refractivity contribution in [3.05, 3.63) is 89.4 Å². The Bertz CT molecular complexity index is 1150. The Balaban J connectivity index is 1.66. The van der Waals surface area contributed by atoms with Crippen LogP contribution in [0.5, 0.6) is 0 Å². The Morgan fingerprint density at radius 1 is 1.07 bits per heavy atom. The largest absolute Gasteiger partial charge is 0.478 e. The molecule has 0 atom stereocenters. The molecule has 5 heteroatoms. The standard InChI is InChI=1S/C24H23N3O2/c1-2-3-9-22-21(23-25-14-6-15-27(23)26-22)16-17-10-12-18(13-11-17)19-7-4-5-8-20(19)24(28)29/h4-8,10-15H,2-3,9,16H2,1H3,(H,28,29). The maximum absolute atomic E-state index is 11.5. The van der Waals surface area contributed by atoms with Crippen molar-refractivity contribution < 1.29 is 9.90 Å². The van der Waals surface area contributed by atoms with Gasteiger partial charge in [-0.25, -0.2) is 14.3 Å². The van der Waals surface area contributed by atoms with Gasteiger partial charge in [-0.05, 0) is 41.7 Å². The molecule has 0 aliphatic heterocycles. The first-order valence-electron chi connectivity index (χ1n) is 9.90. The van der Waals surface area contributed by atoms with Crippen LogP contribution >= 0.6 is 0 Å². The number of rotatable bonds is 7. The first kappa shape index (κ1) is 18.9. The zero-order chi connectivity index (χ0) is 20.2. The van der Waals surface area contributed by atoms with Crippen molar-refractivity contribution in [2.24, 2.45) is 0 Å². The molecule has 0 amide bonds. The molecule has 0 spiro atoms. The number of unbranched alkanes of at least 4 members (excludes halogenated alkanes) is 1. The summed E-state index contributed by atoms with van der Waals surface area (Å²) < 4.78 is 1.86. The second-order valence-corrected chi connectivity index (χ2v) is 7.14. The SMILES string of the molecule is CCCCc1nn2cccnc2c1Cc1ccc(-c2ccccc2C(=O)O)cc1. The van der Waals surface area contributed by atoms with Gasteiger partial charge in [0.25, 0.3) is 0 Å². The first-order valence-corrected chi connectivity index (χ1v) is 9.90. The predicted molar refractivity (Wildman–Crippen MR) is 113 cm³/mol. The van der Waals surface area contributed by atoms with Crippen LogP contribution < -0.4 is 0 Å². The fourth-order valence-electron chi connectivity index (χ4n) is 3.63. The number of carbonyl (C=O) groups is 1. The van der Waals surface area contributed by atoms with Crippen LogP contribution in [0, 0.1) is 0 Å². The number of carboxylic acid groups (broad SMARTS) is 1. The summed E-state index contributed by atoms with van der Waals surface area (Å²) in [5, 5.41) is 14.2. The van der Waals surface area contributed by atoms with Crippen molar-refractivity contribution in [3.8, 4) is 11.1 Å². The minimum Gasteiger partial charge on any atom is -0.478 e. The van der Waals surface area contributed by atoms with Gasteiger partial charge in [0, 0.05) is 24.4 Å². The summed E-state index contributed by atoms with van der Waals surface area (Å²) in [6.07, 6.45) is 7.66. The van der Waals surface area contributed by atoms with E-state index in [1.54, 1.807) is 18.3 Å². The number of aromatic nitrogens is 3. The number of fused-ring (bicyclic) bond motifs is 1. The Morgan fingerprint density at radius 3 is 2.62 bits per heavy atom. The fraction of sp³-hybridized carbons (Fsp3) is 0.208. The Labute approximate surface area is 169 Å². The summed E-state index contributed by atoms with van der Waals surface area (Å²) >= 11 is 0. The maximum Gasteiger partial charge on any atom is 0.336 e. The van der Waals surface area contributed by atoms with Gasteiger partial charge in [0.1, 0.15) is 0 Å². The van der Waals surface area contributed by atoms with Crippen LogP contribution in [-0.4, -0.2) is 25.7 Å². The van der Waals surface area contributed by atoms with Gasteiger partial charge < -0.3 is 5.11 Å². The van der Waals surface area contributed by atoms with Gasteiger partial charge >= 0.3 is 5.97 Å². The quantitative estimate of drug-likeness (QED) is 0.485. The first-order chi connectivity index (χ1) is 14.2. The Kier molecular flexibility index (Phi) is 5.38. The average Bonchev–Trinajstić information content (AvgIpc) is 3.10. The molecule has 2 aromatic heterocycles. The van der Waals surface area contributed by atoms with E-state index in [0.717, 1.165) is 59.3 Å². The highest BCUT2D eigenvalue weighted by Gasteiger charge is 2.15. The molecule has 0 aliphatic rings. The third-order valence-electron chi connectivity index (χ3n) is 5.14. The summed E-state index contributed by atoms with van der Waals surface area (Å²) in [5.41, 5.74) is 6.26. The van der Waals surface area contributed by atoms with Crippen LogP contribution in [0.1, 0.15) is 46.9 Å². The molecule has 2 aromatic carbocycles. The maximum atomic E-state index is 11.5. The molecular weight excluding hydrogens is 362 g/mol. The van der Waals surface area contributed by atoms with Crippen LogP contribution in [0.15, 0.2) is 67.0 Å². The molecular formula is C24H23N3O2. The van der Waals surface area contributed by atoms with Gasteiger partial charge in [0.05, 0.1) is 11.3 Å². The molecule has 4 rings (SSSR count). The lowest BCUT2D eigenvalue weighted by molar-refractivity contribution is 0.0697. The van der Waals surface area contributed by atoms with E-state index in [9.17, 15) is 9.90 Å². The number of hydrogen-bond acceptors (Lipinski definition) is 3. The molecule has 0 saturated heterocycles. The van der Waals surface area contributed by atoms with E-state index in [0.29, 0.717) is 5.56 Å². The van der Waals surface area contributed by atoms with Crippen LogP contribution in [0.4, 0.5) is 0 Å². The van der Waals surface area contributed by atoms with Crippen LogP contribution in [-0.2, 0) is 12.8 Å². The lowest BCUT2D eigenvalue weighted by Gasteiger charge is -2.08. The summed E-state index contributed by atoms with van der Waals surface area (Å²) in [6, 6.07) is 17.1. The van der Waals surface area contributed by atoms with Gasteiger partial charge in [-0.2, -0.15) is 5.10 Å². The second-order valence-electron chi connectivity index (χ2n) is 7.14. The minimum atomic E-state index is -0.914. The van der Waals surface area contributed by atoms with E-state index in [2.05, 4.69) is 24.0 Å². The van der Waals surface area contributed by atoms with E-state index in [-0.39, 0.29) is 0 Å². The van der Waals surface area contributed by atoms with E-state index in [1.165, 1.54) is 0 Å². The van der Waals surface area contributed by atoms with Crippen LogP contribution in [0.25, 0.3) is 16.8 Å². The fourth-order valence-corrected chi connectivity index (χ4v) is 3.63. The van der Waals surface area contributed by atoms with Crippen molar-refractivity contribution in [2.75, 3.05) is 0 Å². The molecule has 0 saturated carbocycles. The summed E-state index contributed by atoms with van der Waals surface area (Å²) in [5.74, 6) is -0.914. The number of carboxylic acids is 1. The second kappa shape index (κ2) is 8.27. The molecule has 0 bridgehead atoms. The monoisotopic (exact) mass is 385 g/mol. The van der Waals surface area contributed by atoms with E-state index in [4.69, 9.17) is 5.10 Å². The van der Waals surface area contributed by atoms with Crippen molar-refractivity contribution >= 4 is 11.6 Å². The number of aromatic carboxylic acids is 1. The van der Waals surface area contributed by atoms with Gasteiger partial charge in [-0.3, -0.25) is 0 Å². The highest BCUT2D eigenvalue weighted by atomic mass is 16.4. The molecule has 5 nitrogen and oxygen atoms in total. The van der Waals surface area contributed by atoms with Crippen molar-refractivity contribution in [2.45, 2.75) is 32.6 Å². The lowest BCUT2D eigenvalue weighted by Crippen LogP contribution is -1.99. The van der Waals surface area contributed by atoms with E-state index < -0.39 is 5.97 Å². The molecule has 0 fully saturated rings. The zero-order valence-corrected chi connectivity index (χ0v) is 16.4. The molecule has 1 N–H and O–H groups in total. The minimum absolute atomic E-state index is 0.314. The van der Waals surface area contributed by atoms with Gasteiger partial charge in [0.2, 0.25) is 0 Å². The summed E-state index contributed by atoms with van der Waals surface area (Å²) in [4.78, 5) is 16.0. The average molecular weight is 385 g/mol. The molecule has 4 aromatic rings. The van der Waals surface area contributed by atoms with Crippen molar-refractivity contribution in [1.29, 1.82) is 0 Å². The molecule has 146 valence electrons. The predicted octanol–water partition coefficient (Wildman–Crippen LogP) is 5.03. The van der Waals surface area contributed by atoms with E-state index >= 15 is 0 Å². The third-order valence-corrected chi connectivity index (χ3v) is 5.14. The van der Waals surface area contributed by atoms with Gasteiger partial charge in [0.15, 0.2) is 5.65 Å². The molecule has 0 aliphatic carbocycles. The van der Waals surface area contributed by atoms with Crippen molar-refractivity contribution in [1.82, 2.24) is 14.6 Å². The highest BCUT2D eigenvalue weighted by molar-refractivity contribution is 5.96. The van der Waals surface area contributed by atoms with Gasteiger partial charge in [-0.1, -0.05) is 55.8 Å². The van der Waals surface area contributed by atoms with E-state index in [1.807, 2.05) is 41.0 Å². The van der Waals surface area contributed by atoms with Crippen LogP contribution in [0.3, 0.4) is 0 Å². The third kappa shape index (κ3) is 3.90. The number of benzene rings is 2. The number of nitrogens with zero attached hydrogens (tertiary/aromatic N) is 3. The van der Waals surface area contributed by atoms with Crippen molar-refractivity contribution in [3.63, 3.8) is 0 Å². The molecule has 2 heterocycles. The topological polar surface area (TPSA) is 67.5 Å². The molecule has 0 radical (unpaired) electrons. The Hall–Kier alpha value is -3.47. The normalized spacial score (nSPS) is 11.1. The molecule has 0 unspecified atom stereocenters. The Morgan fingerprint density at radius 2 is 1.86 bits per heavy atom. The van der Waals surface area contributed by atoms with Gasteiger partial charge in [-0.15, -0.1) is 0 Å². The number of aryl methyl sites for hydroxylation is 1. The number of hydrogen-bond donors (Lipinski definition) is 1.